The van der Waals surface area contributed by atoms with Crippen molar-refractivity contribution in [2.75, 3.05) is 0 Å². The quantitative estimate of drug-likeness (QED) is 0.543. The molecule has 26 heavy (non-hydrogen) atoms. The molecule has 0 spiro atoms. The van der Waals surface area contributed by atoms with Crippen molar-refractivity contribution in [1.82, 2.24) is 20.5 Å². The number of benzene rings is 1. The van der Waals surface area contributed by atoms with E-state index in [2.05, 4.69) is 20.5 Å². The summed E-state index contributed by atoms with van der Waals surface area (Å²) in [4.78, 5) is 17.5. The molecule has 1 amide bonds. The molecule has 0 unspecified atom stereocenters. The average molecular weight is 366 g/mol. The minimum absolute atomic E-state index is 0.0459. The largest absolute Gasteiger partial charge is 0.420 e. The first-order valence-corrected chi connectivity index (χ1v) is 9.21. The first-order chi connectivity index (χ1) is 12.7. The van der Waals surface area contributed by atoms with E-state index in [1.54, 1.807) is 11.3 Å². The normalized spacial score (nSPS) is 11.1. The fourth-order valence-electron chi connectivity index (χ4n) is 2.74. The van der Waals surface area contributed by atoms with Gasteiger partial charge in [0.05, 0.1) is 11.4 Å². The number of H-pyrrole nitrogens is 1. The molecule has 1 aromatic carbocycles. The van der Waals surface area contributed by atoms with Gasteiger partial charge in [-0.15, -0.1) is 21.5 Å². The zero-order valence-corrected chi connectivity index (χ0v) is 15.1. The van der Waals surface area contributed by atoms with E-state index in [9.17, 15) is 4.79 Å². The van der Waals surface area contributed by atoms with Crippen LogP contribution in [0.25, 0.3) is 21.7 Å². The minimum atomic E-state index is -0.0459. The van der Waals surface area contributed by atoms with E-state index in [0.717, 1.165) is 21.5 Å². The van der Waals surface area contributed by atoms with Crippen molar-refractivity contribution in [3.8, 4) is 10.8 Å². The Balaban J connectivity index is 1.29. The van der Waals surface area contributed by atoms with Crippen LogP contribution in [0, 0.1) is 6.92 Å². The van der Waals surface area contributed by atoms with Gasteiger partial charge in [-0.1, -0.05) is 18.2 Å². The summed E-state index contributed by atoms with van der Waals surface area (Å²) in [5.41, 5.74) is 2.05. The molecule has 0 atom stereocenters. The lowest BCUT2D eigenvalue weighted by molar-refractivity contribution is -0.121. The van der Waals surface area contributed by atoms with Gasteiger partial charge in [0.1, 0.15) is 0 Å². The summed E-state index contributed by atoms with van der Waals surface area (Å²) in [6, 6.07) is 14.1. The maximum absolute atomic E-state index is 12.1. The Hall–Kier alpha value is -2.93. The second-order valence-electron chi connectivity index (χ2n) is 6.07. The average Bonchev–Trinajstić information content (AvgIpc) is 3.36. The molecule has 132 valence electrons. The Kier molecular flexibility index (Phi) is 4.53. The van der Waals surface area contributed by atoms with Gasteiger partial charge in [0.25, 0.3) is 5.89 Å². The van der Waals surface area contributed by atoms with Gasteiger partial charge in [-0.3, -0.25) is 4.79 Å². The molecule has 3 aromatic heterocycles. The third kappa shape index (κ3) is 3.67. The summed E-state index contributed by atoms with van der Waals surface area (Å²) in [5, 5.41) is 12.1. The molecule has 6 nitrogen and oxygen atoms in total. The maximum atomic E-state index is 12.1. The SMILES string of the molecule is Cc1ccc(-c2nnc(CCC(=O)NCc3cc4ccccc4[nH]3)o2)s1. The Morgan fingerprint density at radius 1 is 1.23 bits per heavy atom. The van der Waals surface area contributed by atoms with E-state index in [4.69, 9.17) is 4.42 Å². The molecule has 4 aromatic rings. The highest BCUT2D eigenvalue weighted by molar-refractivity contribution is 7.15. The zero-order chi connectivity index (χ0) is 17.9. The molecule has 0 fully saturated rings. The number of nitrogens with zero attached hydrogens (tertiary/aromatic N) is 2. The molecule has 0 saturated carbocycles. The number of carbonyl (C=O) groups is 1. The first kappa shape index (κ1) is 16.5. The summed E-state index contributed by atoms with van der Waals surface area (Å²) in [5.74, 6) is 0.943. The van der Waals surface area contributed by atoms with Crippen LogP contribution in [0.3, 0.4) is 0 Å². The number of rotatable bonds is 6. The van der Waals surface area contributed by atoms with E-state index >= 15 is 0 Å². The predicted octanol–water partition coefficient (Wildman–Crippen LogP) is 3.84. The van der Waals surface area contributed by atoms with Gasteiger partial charge in [0.15, 0.2) is 0 Å². The zero-order valence-electron chi connectivity index (χ0n) is 14.3. The highest BCUT2D eigenvalue weighted by Crippen LogP contribution is 2.26. The van der Waals surface area contributed by atoms with Crippen LogP contribution in [0.5, 0.6) is 0 Å². The number of hydrogen-bond donors (Lipinski definition) is 2. The number of carbonyl (C=O) groups excluding carboxylic acids is 1. The van der Waals surface area contributed by atoms with Crippen molar-refractivity contribution >= 4 is 28.1 Å². The van der Waals surface area contributed by atoms with Gasteiger partial charge in [-0.25, -0.2) is 0 Å². The Morgan fingerprint density at radius 2 is 2.12 bits per heavy atom. The summed E-state index contributed by atoms with van der Waals surface area (Å²) >= 11 is 1.61. The van der Waals surface area contributed by atoms with Crippen molar-refractivity contribution in [3.63, 3.8) is 0 Å². The van der Waals surface area contributed by atoms with Gasteiger partial charge in [0.2, 0.25) is 11.8 Å². The van der Waals surface area contributed by atoms with E-state index in [1.807, 2.05) is 49.4 Å². The number of aromatic nitrogens is 3. The molecule has 4 rings (SSSR count). The van der Waals surface area contributed by atoms with Crippen LogP contribution in [0.1, 0.15) is 22.9 Å². The third-order valence-corrected chi connectivity index (χ3v) is 5.03. The maximum Gasteiger partial charge on any atom is 0.257 e. The smallest absolute Gasteiger partial charge is 0.257 e. The van der Waals surface area contributed by atoms with Crippen molar-refractivity contribution < 1.29 is 9.21 Å². The van der Waals surface area contributed by atoms with E-state index in [1.165, 1.54) is 4.88 Å². The summed E-state index contributed by atoms with van der Waals surface area (Å²) in [6.07, 6.45) is 0.737. The van der Waals surface area contributed by atoms with Crippen LogP contribution >= 0.6 is 11.3 Å². The molecular formula is C19H18N4O2S. The highest BCUT2D eigenvalue weighted by atomic mass is 32.1. The summed E-state index contributed by atoms with van der Waals surface area (Å²) in [6.45, 7) is 2.50. The molecule has 0 saturated heterocycles. The van der Waals surface area contributed by atoms with Gasteiger partial charge < -0.3 is 14.7 Å². The fourth-order valence-corrected chi connectivity index (χ4v) is 3.52. The lowest BCUT2D eigenvalue weighted by Gasteiger charge is -2.02. The van der Waals surface area contributed by atoms with Gasteiger partial charge >= 0.3 is 0 Å². The molecule has 0 bridgehead atoms. The number of nitrogens with one attached hydrogen (secondary N) is 2. The Morgan fingerprint density at radius 3 is 2.92 bits per heavy atom. The molecule has 0 aliphatic carbocycles. The Bertz CT molecular complexity index is 1010. The summed E-state index contributed by atoms with van der Waals surface area (Å²) in [7, 11) is 0. The molecule has 7 heteroatoms. The Labute approximate surface area is 154 Å². The van der Waals surface area contributed by atoms with Gasteiger partial charge in [-0.05, 0) is 36.6 Å². The molecular weight excluding hydrogens is 348 g/mol. The lowest BCUT2D eigenvalue weighted by Crippen LogP contribution is -2.23. The molecule has 3 heterocycles. The van der Waals surface area contributed by atoms with Crippen LogP contribution in [-0.2, 0) is 17.8 Å². The van der Waals surface area contributed by atoms with E-state index in [-0.39, 0.29) is 5.91 Å². The van der Waals surface area contributed by atoms with Crippen molar-refractivity contribution in [3.05, 3.63) is 58.9 Å². The molecule has 0 aliphatic rings. The minimum Gasteiger partial charge on any atom is -0.420 e. The topological polar surface area (TPSA) is 83.8 Å². The van der Waals surface area contributed by atoms with Crippen molar-refractivity contribution in [2.24, 2.45) is 0 Å². The number of fused-ring (bicyclic) bond motifs is 1. The number of para-hydroxylation sites is 1. The van der Waals surface area contributed by atoms with Crippen LogP contribution in [-0.4, -0.2) is 21.1 Å². The first-order valence-electron chi connectivity index (χ1n) is 8.40. The van der Waals surface area contributed by atoms with Crippen molar-refractivity contribution in [1.29, 1.82) is 0 Å². The second-order valence-corrected chi connectivity index (χ2v) is 7.36. The van der Waals surface area contributed by atoms with E-state index < -0.39 is 0 Å². The summed E-state index contributed by atoms with van der Waals surface area (Å²) < 4.78 is 5.64. The van der Waals surface area contributed by atoms with Gasteiger partial charge in [0, 0.05) is 28.9 Å². The second kappa shape index (κ2) is 7.13. The van der Waals surface area contributed by atoms with Gasteiger partial charge in [-0.2, -0.15) is 0 Å². The number of aromatic amines is 1. The third-order valence-electron chi connectivity index (χ3n) is 4.05. The van der Waals surface area contributed by atoms with Crippen molar-refractivity contribution in [2.45, 2.75) is 26.3 Å². The van der Waals surface area contributed by atoms with E-state index in [0.29, 0.717) is 31.2 Å². The van der Waals surface area contributed by atoms with Crippen LogP contribution in [0.4, 0.5) is 0 Å². The number of thiophene rings is 1. The van der Waals surface area contributed by atoms with Crippen LogP contribution in [0.15, 0.2) is 46.9 Å². The fraction of sp³-hybridized carbons (Fsp3) is 0.211. The highest BCUT2D eigenvalue weighted by Gasteiger charge is 2.12. The molecule has 2 N–H and O–H groups in total. The monoisotopic (exact) mass is 366 g/mol. The number of amides is 1. The standard InChI is InChI=1S/C19H18N4O2S/c1-12-6-7-16(26-12)19-23-22-18(25-19)9-8-17(24)20-11-14-10-13-4-2-3-5-15(13)21-14/h2-7,10,21H,8-9,11H2,1H3,(H,20,24). The molecule has 0 aliphatic heterocycles. The number of aryl methyl sites for hydroxylation is 2. The van der Waals surface area contributed by atoms with Crippen LogP contribution < -0.4 is 5.32 Å². The molecule has 0 radical (unpaired) electrons. The number of hydrogen-bond acceptors (Lipinski definition) is 5. The van der Waals surface area contributed by atoms with Crippen LogP contribution in [0.2, 0.25) is 0 Å². The lowest BCUT2D eigenvalue weighted by atomic mass is 10.2. The predicted molar refractivity (Wildman–Crippen MR) is 101 cm³/mol.